The zero-order valence-electron chi connectivity index (χ0n) is 4.81. The van der Waals surface area contributed by atoms with Crippen molar-refractivity contribution in [3.63, 3.8) is 0 Å². The molecule has 0 amide bonds. The minimum Gasteiger partial charge on any atom is -0.691 e. The van der Waals surface area contributed by atoms with Gasteiger partial charge in [-0.3, -0.25) is 6.54 Å². The van der Waals surface area contributed by atoms with E-state index in [4.69, 9.17) is 0 Å². The number of hydrogen-bond donors (Lipinski definition) is 0. The van der Waals surface area contributed by atoms with Crippen LogP contribution in [0.3, 0.4) is 0 Å². The summed E-state index contributed by atoms with van der Waals surface area (Å²) < 4.78 is 0. The van der Waals surface area contributed by atoms with Gasteiger partial charge in [-0.05, 0) is 0 Å². The van der Waals surface area contributed by atoms with Gasteiger partial charge in [0.25, 0.3) is 0 Å². The normalized spacial score (nSPS) is 4.29. The van der Waals surface area contributed by atoms with Crippen LogP contribution in [0.1, 0.15) is 0 Å². The fourth-order valence-corrected chi connectivity index (χ4v) is 0. The predicted octanol–water partition coefficient (Wildman–Crippen LogP) is 1.27. The van der Waals surface area contributed by atoms with Crippen molar-refractivity contribution in [2.24, 2.45) is 0 Å². The predicted molar refractivity (Wildman–Crippen MR) is 25.9 cm³/mol. The second kappa shape index (κ2) is 25.6. The van der Waals surface area contributed by atoms with Crippen LogP contribution >= 0.6 is 0 Å². The second-order valence-electron chi connectivity index (χ2n) is 0.540. The van der Waals surface area contributed by atoms with Crippen LogP contribution in [0.25, 0.3) is 5.32 Å². The van der Waals surface area contributed by atoms with E-state index < -0.39 is 0 Å². The largest absolute Gasteiger partial charge is 2.00 e. The van der Waals surface area contributed by atoms with E-state index in [0.29, 0.717) is 6.54 Å². The molecule has 0 aliphatic carbocycles. The summed E-state index contributed by atoms with van der Waals surface area (Å²) in [6.45, 7) is 4.13. The first kappa shape index (κ1) is 23.5. The standard InChI is InChI=1S/C3H7N.CH3.U.V/c1-3-4-2;;;/h1,3H2,2H3;1H3;;/q-2;-1;;+2. The van der Waals surface area contributed by atoms with Gasteiger partial charge in [0.05, 0.1) is 0 Å². The molecule has 7 heavy (non-hydrogen) atoms. The van der Waals surface area contributed by atoms with Crippen molar-refractivity contribution in [2.45, 2.75) is 0 Å². The van der Waals surface area contributed by atoms with Crippen molar-refractivity contribution < 1.29 is 49.7 Å². The van der Waals surface area contributed by atoms with Gasteiger partial charge in [-0.15, -0.1) is 0 Å². The van der Waals surface area contributed by atoms with E-state index in [1.54, 1.807) is 7.05 Å². The molecular formula is C4H10NUV-. The number of rotatable bonds is 1. The number of hydrogen-bond acceptors (Lipinski definition) is 0. The van der Waals surface area contributed by atoms with Crippen molar-refractivity contribution in [3.8, 4) is 0 Å². The fourth-order valence-electron chi connectivity index (χ4n) is 0. The van der Waals surface area contributed by atoms with Crippen LogP contribution in [-0.2, 0) is 18.6 Å². The van der Waals surface area contributed by atoms with Crippen molar-refractivity contribution in [2.75, 3.05) is 13.6 Å². The Hall–Kier alpha value is 1.60. The Morgan fingerprint density at radius 1 is 1.57 bits per heavy atom. The topological polar surface area (TPSA) is 14.1 Å². The SMILES string of the molecule is [CH2-]C[N-]C.[CH3-].[U].[V+2]. The molecule has 0 N–H and O–H groups in total. The Labute approximate surface area is 82.3 Å². The van der Waals surface area contributed by atoms with Crippen molar-refractivity contribution in [1.82, 2.24) is 0 Å². The summed E-state index contributed by atoms with van der Waals surface area (Å²) in [6, 6.07) is 0. The molecule has 0 aliphatic heterocycles. The van der Waals surface area contributed by atoms with Crippen LogP contribution in [0.5, 0.6) is 0 Å². The van der Waals surface area contributed by atoms with Gasteiger partial charge in [0.2, 0.25) is 0 Å². The minimum atomic E-state index is 0. The van der Waals surface area contributed by atoms with Gasteiger partial charge in [0, 0.05) is 31.1 Å². The van der Waals surface area contributed by atoms with Gasteiger partial charge in [-0.2, -0.15) is 7.05 Å². The molecule has 0 heterocycles. The Bertz CT molecular complexity index is 13.7. The van der Waals surface area contributed by atoms with Crippen LogP contribution < -0.4 is 0 Å². The molecule has 0 aromatic rings. The molecule has 0 rings (SSSR count). The van der Waals surface area contributed by atoms with Gasteiger partial charge in [0.1, 0.15) is 0 Å². The Kier molecular flexibility index (Phi) is 85.7. The van der Waals surface area contributed by atoms with E-state index >= 15 is 0 Å². The molecule has 0 fully saturated rings. The van der Waals surface area contributed by atoms with Crippen LogP contribution in [0, 0.1) is 45.5 Å². The third kappa shape index (κ3) is 35.3. The molecule has 0 aromatic carbocycles. The zero-order chi connectivity index (χ0) is 3.41. The minimum absolute atomic E-state index is 0. The molecule has 1 radical (unpaired) electrons. The monoisotopic (exact) mass is 361 g/mol. The van der Waals surface area contributed by atoms with Crippen molar-refractivity contribution in [3.05, 3.63) is 19.7 Å². The molecule has 0 atom stereocenters. The third-order valence-corrected chi connectivity index (χ3v) is 0.224. The van der Waals surface area contributed by atoms with Crippen LogP contribution in [0.2, 0.25) is 0 Å². The van der Waals surface area contributed by atoms with E-state index in [1.807, 2.05) is 0 Å². The van der Waals surface area contributed by atoms with Crippen LogP contribution in [-0.4, -0.2) is 13.6 Å². The van der Waals surface area contributed by atoms with Gasteiger partial charge in [-0.25, -0.2) is 0 Å². The van der Waals surface area contributed by atoms with Gasteiger partial charge < -0.3 is 19.7 Å². The van der Waals surface area contributed by atoms with Crippen LogP contribution in [0.4, 0.5) is 0 Å². The smallest absolute Gasteiger partial charge is 0.691 e. The summed E-state index contributed by atoms with van der Waals surface area (Å²) >= 11 is 0. The first-order valence-corrected chi connectivity index (χ1v) is 1.26. The summed E-state index contributed by atoms with van der Waals surface area (Å²) in [5, 5.41) is 3.62. The van der Waals surface area contributed by atoms with Gasteiger partial charge >= 0.3 is 18.6 Å². The molecule has 0 aromatic heterocycles. The summed E-state index contributed by atoms with van der Waals surface area (Å²) in [6.07, 6.45) is 0. The average molecular weight is 361 g/mol. The molecule has 0 saturated carbocycles. The first-order chi connectivity index (χ1) is 1.91. The summed E-state index contributed by atoms with van der Waals surface area (Å²) in [7, 11) is 1.74. The Balaban J connectivity index is -0.0000000150. The van der Waals surface area contributed by atoms with E-state index in [-0.39, 0.29) is 57.1 Å². The molecule has 0 bridgehead atoms. The van der Waals surface area contributed by atoms with E-state index in [0.717, 1.165) is 0 Å². The van der Waals surface area contributed by atoms with Crippen LogP contribution in [0.15, 0.2) is 0 Å². The quantitative estimate of drug-likeness (QED) is 0.625. The molecule has 0 aliphatic rings. The summed E-state index contributed by atoms with van der Waals surface area (Å²) in [5.74, 6) is 0. The Morgan fingerprint density at radius 2 is 1.71 bits per heavy atom. The van der Waals surface area contributed by atoms with E-state index in [9.17, 15) is 0 Å². The van der Waals surface area contributed by atoms with Crippen molar-refractivity contribution in [1.29, 1.82) is 0 Å². The first-order valence-electron chi connectivity index (χ1n) is 1.26. The maximum absolute atomic E-state index is 3.62. The molecular weight excluding hydrogens is 351 g/mol. The fraction of sp³-hybridized carbons (Fsp3) is 0.500. The second-order valence-corrected chi connectivity index (χ2v) is 0.540. The molecule has 0 spiro atoms. The summed E-state index contributed by atoms with van der Waals surface area (Å²) in [5.41, 5.74) is 0. The van der Waals surface area contributed by atoms with E-state index in [2.05, 4.69) is 12.2 Å². The molecule has 41 valence electrons. The molecule has 1 nitrogen and oxygen atoms in total. The van der Waals surface area contributed by atoms with Crippen molar-refractivity contribution >= 4 is 0 Å². The molecule has 0 saturated heterocycles. The molecule has 0 unspecified atom stereocenters. The van der Waals surface area contributed by atoms with Gasteiger partial charge in [0.15, 0.2) is 0 Å². The maximum Gasteiger partial charge on any atom is 2.00 e. The third-order valence-electron chi connectivity index (χ3n) is 0.224. The van der Waals surface area contributed by atoms with E-state index in [1.165, 1.54) is 0 Å². The average Bonchev–Trinajstić information content (AvgIpc) is 1.37. The number of nitrogens with zero attached hydrogens (tertiary/aromatic N) is 1. The van der Waals surface area contributed by atoms with Gasteiger partial charge in [-0.1, -0.05) is 0 Å². The zero-order valence-corrected chi connectivity index (χ0v) is 10.4. The molecule has 3 heteroatoms. The Morgan fingerprint density at radius 3 is 1.71 bits per heavy atom. The maximum atomic E-state index is 3.62. The summed E-state index contributed by atoms with van der Waals surface area (Å²) in [4.78, 5) is 0.